The largest absolute Gasteiger partial charge is 0.493 e. The lowest BCUT2D eigenvalue weighted by molar-refractivity contribution is 0.121. The van der Waals surface area contributed by atoms with Crippen LogP contribution in [0.25, 0.3) is 0 Å². The van der Waals surface area contributed by atoms with Crippen LogP contribution in [0.2, 0.25) is 0 Å². The number of piperidine rings is 1. The molecule has 1 aromatic carbocycles. The number of ether oxygens (including phenoxy) is 3. The highest BCUT2D eigenvalue weighted by molar-refractivity contribution is 14.0. The minimum Gasteiger partial charge on any atom is -0.493 e. The van der Waals surface area contributed by atoms with Crippen LogP contribution in [0.5, 0.6) is 11.5 Å². The molecule has 0 bridgehead atoms. The molecule has 0 spiro atoms. The average Bonchev–Trinajstić information content (AvgIpc) is 2.76. The molecule has 1 fully saturated rings. The first-order valence-corrected chi connectivity index (χ1v) is 10.9. The number of nitrogens with one attached hydrogen (secondary N) is 1. The van der Waals surface area contributed by atoms with Gasteiger partial charge in [-0.25, -0.2) is 0 Å². The lowest BCUT2D eigenvalue weighted by atomic mass is 9.97. The van der Waals surface area contributed by atoms with E-state index in [9.17, 15) is 0 Å². The predicted octanol–water partition coefficient (Wildman–Crippen LogP) is 3.39. The molecule has 1 N–H and O–H groups in total. The first-order chi connectivity index (χ1) is 14.5. The van der Waals surface area contributed by atoms with Gasteiger partial charge in [-0.15, -0.1) is 24.0 Å². The first-order valence-electron chi connectivity index (χ1n) is 10.9. The van der Waals surface area contributed by atoms with Gasteiger partial charge in [0.15, 0.2) is 17.5 Å². The van der Waals surface area contributed by atoms with Crippen molar-refractivity contribution in [2.75, 3.05) is 67.7 Å². The van der Waals surface area contributed by atoms with Gasteiger partial charge in [0, 0.05) is 40.3 Å². The number of nitrogens with zero attached hydrogens (tertiary/aromatic N) is 3. The Hall–Kier alpha value is -1.26. The Morgan fingerprint density at radius 2 is 1.81 bits per heavy atom. The van der Waals surface area contributed by atoms with Gasteiger partial charge in [-0.1, -0.05) is 0 Å². The monoisotopic (exact) mass is 548 g/mol. The molecule has 178 valence electrons. The second-order valence-electron chi connectivity index (χ2n) is 7.96. The molecule has 31 heavy (non-hydrogen) atoms. The Bertz CT molecular complexity index is 679. The van der Waals surface area contributed by atoms with Crippen molar-refractivity contribution in [3.05, 3.63) is 23.3 Å². The van der Waals surface area contributed by atoms with E-state index in [2.05, 4.69) is 42.1 Å². The van der Waals surface area contributed by atoms with Crippen molar-refractivity contribution in [2.24, 2.45) is 10.9 Å². The molecule has 0 unspecified atom stereocenters. The molecular formula is C23H41IN4O3. The number of methoxy groups -OCH3 is 3. The van der Waals surface area contributed by atoms with Gasteiger partial charge in [0.2, 0.25) is 0 Å². The van der Waals surface area contributed by atoms with E-state index in [1.807, 2.05) is 6.07 Å². The van der Waals surface area contributed by atoms with Crippen LogP contribution in [-0.2, 0) is 11.3 Å². The van der Waals surface area contributed by atoms with Gasteiger partial charge in [0.25, 0.3) is 0 Å². The van der Waals surface area contributed by atoms with Crippen LogP contribution in [0.1, 0.15) is 30.9 Å². The topological polar surface area (TPSA) is 58.6 Å². The lowest BCUT2D eigenvalue weighted by Gasteiger charge is -2.31. The molecule has 1 aliphatic heterocycles. The maximum Gasteiger partial charge on any atom is 0.193 e. The van der Waals surface area contributed by atoms with E-state index in [0.29, 0.717) is 5.92 Å². The molecule has 0 amide bonds. The van der Waals surface area contributed by atoms with E-state index in [-0.39, 0.29) is 24.0 Å². The predicted molar refractivity (Wildman–Crippen MR) is 138 cm³/mol. The molecule has 0 atom stereocenters. The number of halogens is 1. The van der Waals surface area contributed by atoms with Gasteiger partial charge in [0.05, 0.1) is 20.8 Å². The molecule has 1 aliphatic rings. The summed E-state index contributed by atoms with van der Waals surface area (Å²) < 4.78 is 16.1. The molecule has 0 aliphatic carbocycles. The van der Waals surface area contributed by atoms with E-state index in [1.54, 1.807) is 21.3 Å². The zero-order valence-electron chi connectivity index (χ0n) is 20.1. The second kappa shape index (κ2) is 14.7. The smallest absolute Gasteiger partial charge is 0.193 e. The van der Waals surface area contributed by atoms with Crippen molar-refractivity contribution in [3.8, 4) is 11.5 Å². The molecule has 2 rings (SSSR count). The average molecular weight is 549 g/mol. The Morgan fingerprint density at radius 3 is 2.39 bits per heavy atom. The fourth-order valence-electron chi connectivity index (χ4n) is 3.82. The summed E-state index contributed by atoms with van der Waals surface area (Å²) in [6, 6.07) is 4.09. The molecule has 8 heteroatoms. The molecule has 1 heterocycles. The van der Waals surface area contributed by atoms with E-state index < -0.39 is 0 Å². The number of rotatable bonds is 10. The Kier molecular flexibility index (Phi) is 13.2. The number of aryl methyl sites for hydroxylation is 1. The van der Waals surface area contributed by atoms with Crippen molar-refractivity contribution >= 4 is 29.9 Å². The summed E-state index contributed by atoms with van der Waals surface area (Å²) in [5, 5.41) is 3.44. The summed E-state index contributed by atoms with van der Waals surface area (Å²) >= 11 is 0. The van der Waals surface area contributed by atoms with Crippen molar-refractivity contribution < 1.29 is 14.2 Å². The number of aliphatic imine (C=N–C) groups is 1. The quantitative estimate of drug-likeness (QED) is 0.275. The summed E-state index contributed by atoms with van der Waals surface area (Å²) in [6.45, 7) is 10.8. The maximum atomic E-state index is 5.48. The zero-order valence-corrected chi connectivity index (χ0v) is 22.4. The molecule has 0 aromatic heterocycles. The maximum absolute atomic E-state index is 5.48. The van der Waals surface area contributed by atoms with Crippen LogP contribution in [0.4, 0.5) is 0 Å². The highest BCUT2D eigenvalue weighted by Crippen LogP contribution is 2.30. The Balaban J connectivity index is 0.00000480. The third-order valence-corrected chi connectivity index (χ3v) is 5.76. The molecular weight excluding hydrogens is 507 g/mol. The summed E-state index contributed by atoms with van der Waals surface area (Å²) in [6.07, 6.45) is 2.40. The van der Waals surface area contributed by atoms with Crippen molar-refractivity contribution in [3.63, 3.8) is 0 Å². The van der Waals surface area contributed by atoms with Gasteiger partial charge in [0.1, 0.15) is 0 Å². The SMILES string of the molecule is CCNC(=NCC1CCN(CCOC)CC1)N(C)Cc1cc(OC)c(OC)cc1C.I. The Labute approximate surface area is 205 Å². The van der Waals surface area contributed by atoms with Gasteiger partial charge in [-0.2, -0.15) is 0 Å². The third-order valence-electron chi connectivity index (χ3n) is 5.76. The molecule has 0 radical (unpaired) electrons. The number of benzene rings is 1. The van der Waals surface area contributed by atoms with E-state index in [4.69, 9.17) is 19.2 Å². The van der Waals surface area contributed by atoms with Gasteiger partial charge in [-0.05, 0) is 69.0 Å². The van der Waals surface area contributed by atoms with Crippen molar-refractivity contribution in [2.45, 2.75) is 33.2 Å². The zero-order chi connectivity index (χ0) is 21.9. The van der Waals surface area contributed by atoms with Crippen LogP contribution in [0, 0.1) is 12.8 Å². The molecule has 1 saturated heterocycles. The van der Waals surface area contributed by atoms with Gasteiger partial charge >= 0.3 is 0 Å². The van der Waals surface area contributed by atoms with E-state index >= 15 is 0 Å². The van der Waals surface area contributed by atoms with Crippen LogP contribution >= 0.6 is 24.0 Å². The summed E-state index contributed by atoms with van der Waals surface area (Å²) in [7, 11) is 7.20. The van der Waals surface area contributed by atoms with Crippen LogP contribution in [0.3, 0.4) is 0 Å². The van der Waals surface area contributed by atoms with Crippen molar-refractivity contribution in [1.82, 2.24) is 15.1 Å². The van der Waals surface area contributed by atoms with E-state index in [0.717, 1.165) is 63.3 Å². The fraction of sp³-hybridized carbons (Fsp3) is 0.696. The molecule has 0 saturated carbocycles. The van der Waals surface area contributed by atoms with E-state index in [1.165, 1.54) is 24.0 Å². The first kappa shape index (κ1) is 27.8. The number of guanidine groups is 1. The van der Waals surface area contributed by atoms with Crippen LogP contribution in [0.15, 0.2) is 17.1 Å². The summed E-state index contributed by atoms with van der Waals surface area (Å²) in [4.78, 5) is 9.63. The highest BCUT2D eigenvalue weighted by Gasteiger charge is 2.19. The lowest BCUT2D eigenvalue weighted by Crippen LogP contribution is -2.40. The minimum atomic E-state index is 0. The van der Waals surface area contributed by atoms with Crippen molar-refractivity contribution in [1.29, 1.82) is 0 Å². The standard InChI is InChI=1S/C23H40N4O3.HI/c1-7-24-23(25-16-19-8-10-27(11-9-19)12-13-28-4)26(3)17-20-15-22(30-6)21(29-5)14-18(20)2;/h14-15,19H,7-13,16-17H2,1-6H3,(H,24,25);1H. The number of likely N-dealkylation sites (tertiary alicyclic amines) is 1. The third kappa shape index (κ3) is 8.65. The molecule has 7 nitrogen and oxygen atoms in total. The van der Waals surface area contributed by atoms with Crippen LogP contribution < -0.4 is 14.8 Å². The molecule has 1 aromatic rings. The highest BCUT2D eigenvalue weighted by atomic mass is 127. The summed E-state index contributed by atoms with van der Waals surface area (Å²) in [5.41, 5.74) is 2.38. The second-order valence-corrected chi connectivity index (χ2v) is 7.96. The Morgan fingerprint density at radius 1 is 1.16 bits per heavy atom. The normalized spacial score (nSPS) is 15.4. The van der Waals surface area contributed by atoms with Gasteiger partial charge in [-0.3, -0.25) is 4.99 Å². The van der Waals surface area contributed by atoms with Gasteiger partial charge < -0.3 is 29.3 Å². The number of hydrogen-bond donors (Lipinski definition) is 1. The fourth-order valence-corrected chi connectivity index (χ4v) is 3.82. The summed E-state index contributed by atoms with van der Waals surface area (Å²) in [5.74, 6) is 3.12. The van der Waals surface area contributed by atoms with Crippen LogP contribution in [-0.4, -0.2) is 83.5 Å². The number of hydrogen-bond acceptors (Lipinski definition) is 5. The minimum absolute atomic E-state index is 0.